The Morgan fingerprint density at radius 3 is 2.56 bits per heavy atom. The van der Waals surface area contributed by atoms with E-state index in [1.54, 1.807) is 28.9 Å². The van der Waals surface area contributed by atoms with Gasteiger partial charge in [0.2, 0.25) is 0 Å². The molecule has 0 aliphatic heterocycles. The van der Waals surface area contributed by atoms with Crippen LogP contribution in [0.15, 0.2) is 60.8 Å². The molecular weight excluding hydrogens is 340 g/mol. The molecule has 1 aromatic carbocycles. The van der Waals surface area contributed by atoms with E-state index in [0.717, 1.165) is 17.0 Å². The monoisotopic (exact) mass is 364 g/mol. The molecule has 0 fully saturated rings. The van der Waals surface area contributed by atoms with E-state index in [2.05, 4.69) is 10.1 Å². The summed E-state index contributed by atoms with van der Waals surface area (Å²) in [5.74, 6) is -0.168. The third kappa shape index (κ3) is 4.23. The normalized spacial score (nSPS) is 12.0. The molecule has 3 aromatic rings. The third-order valence-corrected chi connectivity index (χ3v) is 4.61. The van der Waals surface area contributed by atoms with Crippen LogP contribution in [-0.2, 0) is 13.6 Å². The summed E-state index contributed by atoms with van der Waals surface area (Å²) < 4.78 is 1.60. The van der Waals surface area contributed by atoms with Crippen LogP contribution in [0.2, 0.25) is 0 Å². The molecule has 1 atom stereocenters. The fraction of sp³-hybridized carbons (Fsp3) is 0.286. The first-order valence-electron chi connectivity index (χ1n) is 9.05. The second-order valence-corrected chi connectivity index (χ2v) is 6.40. The van der Waals surface area contributed by atoms with Gasteiger partial charge in [0, 0.05) is 18.8 Å². The zero-order valence-electron chi connectivity index (χ0n) is 15.6. The van der Waals surface area contributed by atoms with Crippen LogP contribution < -0.4 is 0 Å². The Labute approximate surface area is 159 Å². The SMILES string of the molecule is CCC(CO)N(Cc1ccccn1)C(=O)c1cc(-c2ccccc2)nn1C. The minimum absolute atomic E-state index is 0.0987. The molecule has 0 saturated carbocycles. The van der Waals surface area contributed by atoms with Crippen LogP contribution in [0.3, 0.4) is 0 Å². The van der Waals surface area contributed by atoms with Crippen LogP contribution in [-0.4, -0.2) is 43.3 Å². The lowest BCUT2D eigenvalue weighted by atomic mass is 10.1. The molecule has 1 amide bonds. The summed E-state index contributed by atoms with van der Waals surface area (Å²) >= 11 is 0. The van der Waals surface area contributed by atoms with Crippen molar-refractivity contribution in [3.8, 4) is 11.3 Å². The summed E-state index contributed by atoms with van der Waals surface area (Å²) in [6.07, 6.45) is 2.36. The van der Waals surface area contributed by atoms with Gasteiger partial charge in [-0.25, -0.2) is 0 Å². The highest BCUT2D eigenvalue weighted by Gasteiger charge is 2.26. The summed E-state index contributed by atoms with van der Waals surface area (Å²) in [5.41, 5.74) is 2.97. The first-order chi connectivity index (χ1) is 13.1. The Bertz CT molecular complexity index is 874. The predicted octanol–water partition coefficient (Wildman–Crippen LogP) is 2.90. The zero-order valence-corrected chi connectivity index (χ0v) is 15.6. The number of aryl methyl sites for hydroxylation is 1. The number of rotatable bonds is 7. The van der Waals surface area contributed by atoms with Gasteiger partial charge in [-0.1, -0.05) is 43.3 Å². The second kappa shape index (κ2) is 8.60. The van der Waals surface area contributed by atoms with E-state index >= 15 is 0 Å². The Kier molecular flexibility index (Phi) is 5.98. The lowest BCUT2D eigenvalue weighted by molar-refractivity contribution is 0.0549. The van der Waals surface area contributed by atoms with Gasteiger partial charge in [-0.05, 0) is 24.6 Å². The number of pyridine rings is 1. The van der Waals surface area contributed by atoms with Crippen LogP contribution in [0, 0.1) is 0 Å². The van der Waals surface area contributed by atoms with Gasteiger partial charge in [-0.3, -0.25) is 14.5 Å². The minimum Gasteiger partial charge on any atom is -0.394 e. The number of aliphatic hydroxyl groups excluding tert-OH is 1. The van der Waals surface area contributed by atoms with Crippen LogP contribution in [0.1, 0.15) is 29.5 Å². The summed E-state index contributed by atoms with van der Waals surface area (Å²) in [4.78, 5) is 19.3. The van der Waals surface area contributed by atoms with Gasteiger partial charge in [-0.15, -0.1) is 0 Å². The van der Waals surface area contributed by atoms with Crippen molar-refractivity contribution in [1.82, 2.24) is 19.7 Å². The van der Waals surface area contributed by atoms with E-state index in [1.165, 1.54) is 0 Å². The van der Waals surface area contributed by atoms with Crippen molar-refractivity contribution in [3.63, 3.8) is 0 Å². The van der Waals surface area contributed by atoms with E-state index in [4.69, 9.17) is 0 Å². The fourth-order valence-electron chi connectivity index (χ4n) is 3.05. The summed E-state index contributed by atoms with van der Waals surface area (Å²) in [6, 6.07) is 16.9. The number of nitrogens with zero attached hydrogens (tertiary/aromatic N) is 4. The Morgan fingerprint density at radius 2 is 1.93 bits per heavy atom. The fourth-order valence-corrected chi connectivity index (χ4v) is 3.05. The molecule has 27 heavy (non-hydrogen) atoms. The highest BCUT2D eigenvalue weighted by atomic mass is 16.3. The first-order valence-corrected chi connectivity index (χ1v) is 9.05. The maximum atomic E-state index is 13.3. The summed E-state index contributed by atoms with van der Waals surface area (Å²) in [6.45, 7) is 2.20. The van der Waals surface area contributed by atoms with Gasteiger partial charge >= 0.3 is 0 Å². The molecule has 0 aliphatic carbocycles. The second-order valence-electron chi connectivity index (χ2n) is 6.40. The molecule has 140 valence electrons. The number of hydrogen-bond acceptors (Lipinski definition) is 4. The average molecular weight is 364 g/mol. The molecular formula is C21H24N4O2. The molecule has 3 rings (SSSR count). The number of hydrogen-bond donors (Lipinski definition) is 1. The zero-order chi connectivity index (χ0) is 19.2. The molecule has 0 spiro atoms. The lowest BCUT2D eigenvalue weighted by Gasteiger charge is -2.29. The van der Waals surface area contributed by atoms with Gasteiger partial charge in [0.15, 0.2) is 0 Å². The van der Waals surface area contributed by atoms with Gasteiger partial charge in [0.1, 0.15) is 5.69 Å². The van der Waals surface area contributed by atoms with Crippen LogP contribution >= 0.6 is 0 Å². The van der Waals surface area contributed by atoms with Crippen LogP contribution in [0.4, 0.5) is 0 Å². The summed E-state index contributed by atoms with van der Waals surface area (Å²) in [5, 5.41) is 14.3. The van der Waals surface area contributed by atoms with Crippen molar-refractivity contribution in [3.05, 3.63) is 72.2 Å². The first kappa shape index (κ1) is 18.8. The van der Waals surface area contributed by atoms with Crippen LogP contribution in [0.25, 0.3) is 11.3 Å². The highest BCUT2D eigenvalue weighted by molar-refractivity contribution is 5.94. The van der Waals surface area contributed by atoms with E-state index in [9.17, 15) is 9.90 Å². The highest BCUT2D eigenvalue weighted by Crippen LogP contribution is 2.21. The Morgan fingerprint density at radius 1 is 1.19 bits per heavy atom. The molecule has 0 saturated heterocycles. The third-order valence-electron chi connectivity index (χ3n) is 4.61. The maximum absolute atomic E-state index is 13.3. The molecule has 6 nitrogen and oxygen atoms in total. The number of aliphatic hydroxyl groups is 1. The molecule has 0 radical (unpaired) electrons. The largest absolute Gasteiger partial charge is 0.394 e. The predicted molar refractivity (Wildman–Crippen MR) is 104 cm³/mol. The van der Waals surface area contributed by atoms with Gasteiger partial charge in [0.25, 0.3) is 5.91 Å². The quantitative estimate of drug-likeness (QED) is 0.700. The van der Waals surface area contributed by atoms with Crippen molar-refractivity contribution in [1.29, 1.82) is 0 Å². The Hall–Kier alpha value is -2.99. The number of aromatic nitrogens is 3. The number of benzene rings is 1. The standard InChI is InChI=1S/C21H24N4O2/c1-3-18(15-26)25(14-17-11-7-8-12-22-17)21(27)20-13-19(23-24(20)2)16-9-5-4-6-10-16/h4-13,18,26H,3,14-15H2,1-2H3. The average Bonchev–Trinajstić information content (AvgIpc) is 3.11. The van der Waals surface area contributed by atoms with E-state index in [-0.39, 0.29) is 18.6 Å². The van der Waals surface area contributed by atoms with E-state index in [0.29, 0.717) is 18.7 Å². The number of amides is 1. The molecule has 0 bridgehead atoms. The molecule has 2 heterocycles. The molecule has 0 aliphatic rings. The lowest BCUT2D eigenvalue weighted by Crippen LogP contribution is -2.42. The molecule has 6 heteroatoms. The maximum Gasteiger partial charge on any atom is 0.272 e. The van der Waals surface area contributed by atoms with Crippen molar-refractivity contribution < 1.29 is 9.90 Å². The van der Waals surface area contributed by atoms with Crippen molar-refractivity contribution in [2.45, 2.75) is 25.9 Å². The van der Waals surface area contributed by atoms with Crippen LogP contribution in [0.5, 0.6) is 0 Å². The topological polar surface area (TPSA) is 71.2 Å². The number of carbonyl (C=O) groups is 1. The van der Waals surface area contributed by atoms with Gasteiger partial charge in [-0.2, -0.15) is 5.10 Å². The number of carbonyl (C=O) groups excluding carboxylic acids is 1. The minimum atomic E-state index is -0.283. The van der Waals surface area contributed by atoms with Gasteiger partial charge < -0.3 is 10.0 Å². The van der Waals surface area contributed by atoms with E-state index in [1.807, 2.05) is 55.5 Å². The summed E-state index contributed by atoms with van der Waals surface area (Å²) in [7, 11) is 1.76. The molecule has 2 aromatic heterocycles. The molecule has 1 N–H and O–H groups in total. The molecule has 1 unspecified atom stereocenters. The van der Waals surface area contributed by atoms with Crippen molar-refractivity contribution >= 4 is 5.91 Å². The van der Waals surface area contributed by atoms with Gasteiger partial charge in [0.05, 0.1) is 30.6 Å². The smallest absolute Gasteiger partial charge is 0.272 e. The van der Waals surface area contributed by atoms with Crippen molar-refractivity contribution in [2.24, 2.45) is 7.05 Å². The van der Waals surface area contributed by atoms with E-state index < -0.39 is 0 Å². The Balaban J connectivity index is 1.93. The van der Waals surface area contributed by atoms with Crippen molar-refractivity contribution in [2.75, 3.05) is 6.61 Å².